The number of H-pyrrole nitrogens is 1. The number of hydrogen-bond acceptors (Lipinski definition) is 8. The van der Waals surface area contributed by atoms with Gasteiger partial charge in [0.2, 0.25) is 17.6 Å². The molecule has 2 saturated carbocycles. The quantitative estimate of drug-likeness (QED) is 0.409. The molecule has 0 bridgehead atoms. The third kappa shape index (κ3) is 4.67. The number of aromatic amines is 1. The van der Waals surface area contributed by atoms with Crippen molar-refractivity contribution in [1.29, 1.82) is 0 Å². The molecular weight excluding hydrogens is 514 g/mol. The zero-order valence-electron chi connectivity index (χ0n) is 22.6. The minimum atomic E-state index is -1.01. The molecule has 11 heteroatoms. The monoisotopic (exact) mass is 547 g/mol. The van der Waals surface area contributed by atoms with Crippen LogP contribution in [0.15, 0.2) is 28.7 Å². The number of nitrogens with one attached hydrogen (secondary N) is 2. The van der Waals surface area contributed by atoms with Crippen molar-refractivity contribution < 1.29 is 28.3 Å². The van der Waals surface area contributed by atoms with Crippen LogP contribution in [0.4, 0.5) is 0 Å². The average molecular weight is 548 g/mol. The lowest BCUT2D eigenvalue weighted by molar-refractivity contribution is -0.127. The van der Waals surface area contributed by atoms with Crippen LogP contribution in [-0.4, -0.2) is 69.2 Å². The molecule has 5 atom stereocenters. The second-order valence-electron chi connectivity index (χ2n) is 11.2. The first kappa shape index (κ1) is 26.2. The first-order valence-electron chi connectivity index (χ1n) is 14.0. The number of carbonyl (C=O) groups excluding carboxylic acids is 4. The first-order valence-corrected chi connectivity index (χ1v) is 14.0. The summed E-state index contributed by atoms with van der Waals surface area (Å²) in [6.45, 7) is 2.05. The molecule has 11 nitrogen and oxygen atoms in total. The number of aryl methyl sites for hydroxylation is 1. The van der Waals surface area contributed by atoms with Gasteiger partial charge >= 0.3 is 0 Å². The average Bonchev–Trinajstić information content (AvgIpc) is 3.76. The van der Waals surface area contributed by atoms with Crippen LogP contribution in [0, 0.1) is 24.7 Å². The lowest BCUT2D eigenvalue weighted by Gasteiger charge is -2.29. The SMILES string of the molecule is COc1cccc2[nH]c(C(=O)N3CC4CCCC4C3C(=O)NC(CC3CCCC3=O)C(=O)c3nnc(C)o3)cc12. The first-order chi connectivity index (χ1) is 19.3. The molecule has 2 N–H and O–H groups in total. The Morgan fingerprint density at radius 3 is 2.77 bits per heavy atom. The van der Waals surface area contributed by atoms with Crippen LogP contribution >= 0.6 is 0 Å². The zero-order valence-corrected chi connectivity index (χ0v) is 22.6. The fourth-order valence-corrected chi connectivity index (χ4v) is 6.88. The molecule has 0 spiro atoms. The number of carbonyl (C=O) groups is 4. The Labute approximate surface area is 231 Å². The molecule has 3 fully saturated rings. The van der Waals surface area contributed by atoms with Crippen LogP contribution in [0.25, 0.3) is 10.9 Å². The number of rotatable bonds is 8. The van der Waals surface area contributed by atoms with Gasteiger partial charge in [-0.15, -0.1) is 10.2 Å². The van der Waals surface area contributed by atoms with Crippen LogP contribution in [0.2, 0.25) is 0 Å². The number of fused-ring (bicyclic) bond motifs is 2. The van der Waals surface area contributed by atoms with Crippen LogP contribution in [0.5, 0.6) is 5.75 Å². The maximum atomic E-state index is 14.0. The van der Waals surface area contributed by atoms with Gasteiger partial charge in [0.15, 0.2) is 0 Å². The van der Waals surface area contributed by atoms with E-state index in [1.165, 1.54) is 0 Å². The van der Waals surface area contributed by atoms with Crippen molar-refractivity contribution in [1.82, 2.24) is 25.4 Å². The van der Waals surface area contributed by atoms with Crippen molar-refractivity contribution in [2.24, 2.45) is 17.8 Å². The van der Waals surface area contributed by atoms with Crippen molar-refractivity contribution in [3.8, 4) is 5.75 Å². The minimum absolute atomic E-state index is 0.00243. The van der Waals surface area contributed by atoms with Crippen molar-refractivity contribution in [2.45, 2.75) is 64.0 Å². The number of amides is 2. The molecule has 40 heavy (non-hydrogen) atoms. The number of nitrogens with zero attached hydrogens (tertiary/aromatic N) is 3. The Hall–Kier alpha value is -4.02. The number of methoxy groups -OCH3 is 1. The summed E-state index contributed by atoms with van der Waals surface area (Å²) >= 11 is 0. The fraction of sp³-hybridized carbons (Fsp3) is 0.517. The van der Waals surface area contributed by atoms with Crippen molar-refractivity contribution in [3.63, 3.8) is 0 Å². The summed E-state index contributed by atoms with van der Waals surface area (Å²) in [5.41, 5.74) is 1.15. The molecule has 3 aliphatic rings. The molecule has 2 aromatic heterocycles. The van der Waals surface area contributed by atoms with Crippen LogP contribution < -0.4 is 10.1 Å². The number of likely N-dealkylation sites (tertiary alicyclic amines) is 1. The lowest BCUT2D eigenvalue weighted by Crippen LogP contribution is -2.53. The predicted molar refractivity (Wildman–Crippen MR) is 143 cm³/mol. The van der Waals surface area contributed by atoms with Crippen molar-refractivity contribution >= 4 is 34.3 Å². The smallest absolute Gasteiger partial charge is 0.286 e. The van der Waals surface area contributed by atoms with Crippen LogP contribution in [0.1, 0.15) is 72.0 Å². The molecule has 5 unspecified atom stereocenters. The second-order valence-corrected chi connectivity index (χ2v) is 11.2. The van der Waals surface area contributed by atoms with Crippen LogP contribution in [0.3, 0.4) is 0 Å². The van der Waals surface area contributed by atoms with Crippen molar-refractivity contribution in [3.05, 3.63) is 41.7 Å². The summed E-state index contributed by atoms with van der Waals surface area (Å²) in [4.78, 5) is 58.5. The Kier molecular flexibility index (Phi) is 6.89. The van der Waals surface area contributed by atoms with E-state index < -0.39 is 23.8 Å². The Balaban J connectivity index is 1.28. The van der Waals surface area contributed by atoms with Crippen LogP contribution in [-0.2, 0) is 9.59 Å². The highest BCUT2D eigenvalue weighted by atomic mass is 16.5. The molecule has 3 heterocycles. The molecule has 1 aliphatic heterocycles. The van der Waals surface area contributed by atoms with Gasteiger partial charge in [0.1, 0.15) is 23.3 Å². The summed E-state index contributed by atoms with van der Waals surface area (Å²) in [6.07, 6.45) is 4.84. The Morgan fingerprint density at radius 1 is 1.20 bits per heavy atom. The highest BCUT2D eigenvalue weighted by Crippen LogP contribution is 2.43. The molecule has 2 amide bonds. The molecular formula is C29H33N5O6. The number of hydrogen-bond donors (Lipinski definition) is 2. The van der Waals surface area contributed by atoms with Gasteiger partial charge in [-0.05, 0) is 62.1 Å². The van der Waals surface area contributed by atoms with E-state index in [1.807, 2.05) is 18.2 Å². The molecule has 2 aliphatic carbocycles. The number of ketones is 2. The number of benzene rings is 1. The number of ether oxygens (including phenoxy) is 1. The Morgan fingerprint density at radius 2 is 2.05 bits per heavy atom. The third-order valence-electron chi connectivity index (χ3n) is 8.82. The Bertz CT molecular complexity index is 1480. The van der Waals surface area contributed by atoms with Crippen molar-refractivity contribution in [2.75, 3.05) is 13.7 Å². The van der Waals surface area contributed by atoms with E-state index >= 15 is 0 Å². The highest BCUT2D eigenvalue weighted by Gasteiger charge is 2.50. The lowest BCUT2D eigenvalue weighted by atomic mass is 9.91. The van der Waals surface area contributed by atoms with E-state index in [1.54, 1.807) is 25.0 Å². The summed E-state index contributed by atoms with van der Waals surface area (Å²) in [5, 5.41) is 11.3. The van der Waals surface area contributed by atoms with E-state index in [0.717, 1.165) is 36.6 Å². The highest BCUT2D eigenvalue weighted by molar-refractivity contribution is 6.03. The molecule has 210 valence electrons. The molecule has 1 aromatic carbocycles. The van der Waals surface area contributed by atoms with E-state index in [0.29, 0.717) is 30.8 Å². The molecule has 0 radical (unpaired) electrons. The summed E-state index contributed by atoms with van der Waals surface area (Å²) in [7, 11) is 1.58. The predicted octanol–water partition coefficient (Wildman–Crippen LogP) is 3.24. The standard InChI is InChI=1S/C29H33N5O6/c1-15-32-33-28(40-15)26(36)21(12-16-6-4-10-23(16)35)31-27(37)25-18-8-3-7-17(18)14-34(25)29(38)22-13-19-20(30-22)9-5-11-24(19)39-2/h5,9,11,13,16-18,21,25,30H,3-4,6-8,10,12,14H2,1-2H3,(H,31,37). The normalized spacial score (nSPS) is 24.9. The maximum absolute atomic E-state index is 14.0. The summed E-state index contributed by atoms with van der Waals surface area (Å²) in [5.74, 6) is -0.503. The van der Waals surface area contributed by atoms with Gasteiger partial charge in [0.25, 0.3) is 11.8 Å². The van der Waals surface area contributed by atoms with E-state index in [9.17, 15) is 19.2 Å². The largest absolute Gasteiger partial charge is 0.496 e. The topological polar surface area (TPSA) is 147 Å². The third-order valence-corrected chi connectivity index (χ3v) is 8.82. The maximum Gasteiger partial charge on any atom is 0.286 e. The van der Waals surface area contributed by atoms with Gasteiger partial charge in [-0.2, -0.15) is 0 Å². The number of aromatic nitrogens is 3. The number of Topliss-reactive ketones (excluding diaryl/α,β-unsaturated/α-hetero) is 2. The molecule has 6 rings (SSSR count). The van der Waals surface area contributed by atoms with Gasteiger partial charge in [-0.25, -0.2) is 0 Å². The zero-order chi connectivity index (χ0) is 28.0. The van der Waals surface area contributed by atoms with Gasteiger partial charge in [-0.3, -0.25) is 19.2 Å². The van der Waals surface area contributed by atoms with Gasteiger partial charge < -0.3 is 24.4 Å². The van der Waals surface area contributed by atoms with Gasteiger partial charge in [0.05, 0.1) is 13.2 Å². The fourth-order valence-electron chi connectivity index (χ4n) is 6.88. The summed E-state index contributed by atoms with van der Waals surface area (Å²) < 4.78 is 10.8. The molecule has 3 aromatic rings. The molecule has 1 saturated heterocycles. The van der Waals surface area contributed by atoms with E-state index in [4.69, 9.17) is 9.15 Å². The second kappa shape index (κ2) is 10.5. The summed E-state index contributed by atoms with van der Waals surface area (Å²) in [6, 6.07) is 5.58. The van der Waals surface area contributed by atoms with Gasteiger partial charge in [0, 0.05) is 36.7 Å². The van der Waals surface area contributed by atoms with E-state index in [2.05, 4.69) is 20.5 Å². The van der Waals surface area contributed by atoms with E-state index in [-0.39, 0.29) is 47.6 Å². The minimum Gasteiger partial charge on any atom is -0.496 e. The van der Waals surface area contributed by atoms with Gasteiger partial charge in [-0.1, -0.05) is 12.5 Å².